The minimum atomic E-state index is -0.111. The third-order valence-corrected chi connectivity index (χ3v) is 11.8. The molecular formula is C32H52O2. The first-order valence-corrected chi connectivity index (χ1v) is 14.6. The topological polar surface area (TPSA) is 26.3 Å². The average Bonchev–Trinajstić information content (AvgIpc) is 3.13. The van der Waals surface area contributed by atoms with Crippen LogP contribution in [0.3, 0.4) is 0 Å². The Bertz CT molecular complexity index is 810. The van der Waals surface area contributed by atoms with Crippen molar-refractivity contribution in [3.8, 4) is 0 Å². The summed E-state index contributed by atoms with van der Waals surface area (Å²) >= 11 is 0. The molecule has 0 saturated heterocycles. The lowest BCUT2D eigenvalue weighted by Gasteiger charge is -2.59. The quantitative estimate of drug-likeness (QED) is 0.276. The van der Waals surface area contributed by atoms with E-state index in [9.17, 15) is 4.79 Å². The van der Waals surface area contributed by atoms with Gasteiger partial charge in [0.25, 0.3) is 0 Å². The molecule has 192 valence electrons. The molecule has 0 unspecified atom stereocenters. The van der Waals surface area contributed by atoms with Crippen LogP contribution >= 0.6 is 0 Å². The lowest BCUT2D eigenvalue weighted by molar-refractivity contribution is -0.158. The minimum absolute atomic E-state index is 0.111. The van der Waals surface area contributed by atoms with Gasteiger partial charge < -0.3 is 4.74 Å². The first-order chi connectivity index (χ1) is 16.0. The number of fused-ring (bicyclic) bond motifs is 5. The average molecular weight is 469 g/mol. The van der Waals surface area contributed by atoms with Crippen molar-refractivity contribution in [1.29, 1.82) is 0 Å². The smallest absolute Gasteiger partial charge is 0.302 e. The fourth-order valence-corrected chi connectivity index (χ4v) is 9.75. The second-order valence-electron chi connectivity index (χ2n) is 13.4. The van der Waals surface area contributed by atoms with Gasteiger partial charge in [0.15, 0.2) is 0 Å². The standard InChI is InChI=1S/C32H52O2/c1-9-24(20(2)3)11-10-21(4)26-14-15-28-25-12-13-27-22(5)30(34-23(6)33)17-19-32(27,8)29(25)16-18-31(26,28)7/h12,21-22,24,26-30H,2,9-11,13-19H2,1,3-8H3/t21-,22+,24-,26-,27+,28+,29+,30+,31-,32+/m1/s1. The second kappa shape index (κ2) is 9.78. The monoisotopic (exact) mass is 468 g/mol. The lowest BCUT2D eigenvalue weighted by atomic mass is 9.46. The minimum Gasteiger partial charge on any atom is -0.462 e. The van der Waals surface area contributed by atoms with E-state index in [-0.39, 0.29) is 12.1 Å². The summed E-state index contributed by atoms with van der Waals surface area (Å²) in [7, 11) is 0. The van der Waals surface area contributed by atoms with E-state index in [1.165, 1.54) is 63.4 Å². The van der Waals surface area contributed by atoms with Crippen molar-refractivity contribution in [2.75, 3.05) is 0 Å². The second-order valence-corrected chi connectivity index (χ2v) is 13.4. The van der Waals surface area contributed by atoms with Gasteiger partial charge in [-0.25, -0.2) is 0 Å². The van der Waals surface area contributed by atoms with Crippen molar-refractivity contribution >= 4 is 5.97 Å². The molecule has 4 rings (SSSR count). The molecule has 34 heavy (non-hydrogen) atoms. The van der Waals surface area contributed by atoms with Gasteiger partial charge in [-0.05, 0) is 123 Å². The van der Waals surface area contributed by atoms with Crippen molar-refractivity contribution in [1.82, 2.24) is 0 Å². The molecule has 2 heteroatoms. The predicted octanol–water partition coefficient (Wildman–Crippen LogP) is 8.76. The Labute approximate surface area is 210 Å². The fourth-order valence-electron chi connectivity index (χ4n) is 9.75. The largest absolute Gasteiger partial charge is 0.462 e. The van der Waals surface area contributed by atoms with Gasteiger partial charge in [-0.1, -0.05) is 58.4 Å². The normalized spacial score (nSPS) is 43.1. The first kappa shape index (κ1) is 26.0. The van der Waals surface area contributed by atoms with E-state index in [1.807, 2.05) is 5.57 Å². The summed E-state index contributed by atoms with van der Waals surface area (Å²) in [6.45, 7) is 20.5. The molecule has 4 aliphatic carbocycles. The molecular weight excluding hydrogens is 416 g/mol. The number of hydrogen-bond acceptors (Lipinski definition) is 2. The molecule has 0 bridgehead atoms. The Morgan fingerprint density at radius 3 is 2.41 bits per heavy atom. The van der Waals surface area contributed by atoms with E-state index in [4.69, 9.17) is 4.74 Å². The number of rotatable bonds is 7. The number of esters is 1. The van der Waals surface area contributed by atoms with Crippen LogP contribution in [0.25, 0.3) is 0 Å². The van der Waals surface area contributed by atoms with Crippen molar-refractivity contribution in [3.05, 3.63) is 23.8 Å². The van der Waals surface area contributed by atoms with Crippen LogP contribution in [0.4, 0.5) is 0 Å². The molecule has 0 heterocycles. The number of carbonyl (C=O) groups is 1. The summed E-state index contributed by atoms with van der Waals surface area (Å²) in [5.41, 5.74) is 4.07. The van der Waals surface area contributed by atoms with Crippen molar-refractivity contribution in [2.45, 2.75) is 119 Å². The maximum atomic E-state index is 11.7. The van der Waals surface area contributed by atoms with Crippen LogP contribution in [-0.2, 0) is 9.53 Å². The molecule has 10 atom stereocenters. The molecule has 3 saturated carbocycles. The zero-order valence-corrected chi connectivity index (χ0v) is 23.3. The third-order valence-electron chi connectivity index (χ3n) is 11.8. The van der Waals surface area contributed by atoms with Gasteiger partial charge in [0.05, 0.1) is 0 Å². The molecule has 2 nitrogen and oxygen atoms in total. The van der Waals surface area contributed by atoms with E-state index in [2.05, 4.69) is 54.2 Å². The molecule has 0 aromatic carbocycles. The summed E-state index contributed by atoms with van der Waals surface area (Å²) in [5, 5.41) is 0. The van der Waals surface area contributed by atoms with Gasteiger partial charge in [0, 0.05) is 6.92 Å². The Morgan fingerprint density at radius 1 is 1.09 bits per heavy atom. The Balaban J connectivity index is 1.50. The van der Waals surface area contributed by atoms with E-state index < -0.39 is 0 Å². The zero-order valence-electron chi connectivity index (χ0n) is 23.3. The van der Waals surface area contributed by atoms with Crippen molar-refractivity contribution in [2.24, 2.45) is 52.3 Å². The molecule has 0 N–H and O–H groups in total. The Hall–Kier alpha value is -1.05. The van der Waals surface area contributed by atoms with Crippen LogP contribution in [0.5, 0.6) is 0 Å². The summed E-state index contributed by atoms with van der Waals surface area (Å²) in [6.07, 6.45) is 15.7. The molecule has 0 spiro atoms. The highest BCUT2D eigenvalue weighted by Crippen LogP contribution is 2.67. The van der Waals surface area contributed by atoms with Crippen molar-refractivity contribution < 1.29 is 9.53 Å². The maximum Gasteiger partial charge on any atom is 0.302 e. The first-order valence-electron chi connectivity index (χ1n) is 14.6. The highest BCUT2D eigenvalue weighted by atomic mass is 16.5. The van der Waals surface area contributed by atoms with Crippen LogP contribution in [0.1, 0.15) is 113 Å². The molecule has 0 aromatic rings. The van der Waals surface area contributed by atoms with Crippen molar-refractivity contribution in [3.63, 3.8) is 0 Å². The molecule has 0 amide bonds. The number of allylic oxidation sites excluding steroid dienone is 3. The van der Waals surface area contributed by atoms with Crippen LogP contribution < -0.4 is 0 Å². The number of hydrogen-bond donors (Lipinski definition) is 0. The van der Waals surface area contributed by atoms with E-state index >= 15 is 0 Å². The molecule has 0 aliphatic heterocycles. The van der Waals surface area contributed by atoms with Gasteiger partial charge in [0.2, 0.25) is 0 Å². The molecule has 3 fully saturated rings. The Kier molecular flexibility index (Phi) is 7.48. The highest BCUT2D eigenvalue weighted by Gasteiger charge is 2.59. The highest BCUT2D eigenvalue weighted by molar-refractivity contribution is 5.66. The van der Waals surface area contributed by atoms with Gasteiger partial charge in [-0.3, -0.25) is 4.79 Å². The van der Waals surface area contributed by atoms with E-state index in [0.717, 1.165) is 30.1 Å². The van der Waals surface area contributed by atoms with Gasteiger partial charge >= 0.3 is 5.97 Å². The van der Waals surface area contributed by atoms with Crippen LogP contribution in [0.2, 0.25) is 0 Å². The van der Waals surface area contributed by atoms with Crippen LogP contribution in [0.15, 0.2) is 23.8 Å². The molecule has 0 radical (unpaired) electrons. The number of carbonyl (C=O) groups excluding carboxylic acids is 1. The maximum absolute atomic E-state index is 11.7. The van der Waals surface area contributed by atoms with Crippen LogP contribution in [-0.4, -0.2) is 12.1 Å². The lowest BCUT2D eigenvalue weighted by Crippen LogP contribution is -2.53. The summed E-state index contributed by atoms with van der Waals surface area (Å²) in [5.74, 6) is 4.91. The summed E-state index contributed by atoms with van der Waals surface area (Å²) in [4.78, 5) is 11.7. The van der Waals surface area contributed by atoms with E-state index in [1.54, 1.807) is 6.92 Å². The zero-order chi connectivity index (χ0) is 24.8. The van der Waals surface area contributed by atoms with Gasteiger partial charge in [-0.2, -0.15) is 0 Å². The van der Waals surface area contributed by atoms with Crippen LogP contribution in [0, 0.1) is 52.3 Å². The summed E-state index contributed by atoms with van der Waals surface area (Å²) < 4.78 is 5.76. The third kappa shape index (κ3) is 4.34. The molecule has 0 aromatic heterocycles. The number of ether oxygens (including phenoxy) is 1. The SMILES string of the molecule is C=C(C)[C@H](CC)CC[C@@H](C)[C@H]1CC[C@H]2C3=CC[C@H]4[C@H](C)[C@@H](OC(C)=O)CC[C@]4(C)[C@H]3CC[C@]12C. The van der Waals surface area contributed by atoms with E-state index in [0.29, 0.717) is 28.6 Å². The van der Waals surface area contributed by atoms with Gasteiger partial charge in [-0.15, -0.1) is 0 Å². The summed E-state index contributed by atoms with van der Waals surface area (Å²) in [6, 6.07) is 0. The van der Waals surface area contributed by atoms with Gasteiger partial charge in [0.1, 0.15) is 6.10 Å². The fraction of sp³-hybridized carbons (Fsp3) is 0.844. The Morgan fingerprint density at radius 2 is 1.76 bits per heavy atom. The predicted molar refractivity (Wildman–Crippen MR) is 142 cm³/mol. The molecule has 4 aliphatic rings.